The maximum Gasteiger partial charge on any atom is 0.225 e. The molecule has 0 aliphatic carbocycles. The molecule has 0 aromatic carbocycles. The average molecular weight is 292 g/mol. The van der Waals surface area contributed by atoms with Crippen LogP contribution in [0, 0.1) is 5.92 Å². The molecule has 8 heteroatoms. The lowest BCUT2D eigenvalue weighted by Crippen LogP contribution is -2.46. The first-order chi connectivity index (χ1) is 10.2. The number of carbonyl (C=O) groups excluding carboxylic acids is 1. The number of amides is 1. The smallest absolute Gasteiger partial charge is 0.225 e. The Labute approximate surface area is 123 Å². The summed E-state index contributed by atoms with van der Waals surface area (Å²) in [5.74, 6) is 7.58. The van der Waals surface area contributed by atoms with Crippen molar-refractivity contribution in [2.24, 2.45) is 11.8 Å². The second-order valence-electron chi connectivity index (χ2n) is 5.36. The Balaban J connectivity index is 1.91. The van der Waals surface area contributed by atoms with Gasteiger partial charge in [0.05, 0.1) is 12.0 Å². The molecule has 3 rings (SSSR count). The van der Waals surface area contributed by atoms with Crippen LogP contribution in [0.3, 0.4) is 0 Å². The minimum absolute atomic E-state index is 0.0499. The van der Waals surface area contributed by atoms with Crippen LogP contribution in [0.15, 0.2) is 6.07 Å². The van der Waals surface area contributed by atoms with Crippen LogP contribution in [0.4, 0.5) is 11.6 Å². The first-order valence-corrected chi connectivity index (χ1v) is 7.11. The van der Waals surface area contributed by atoms with Gasteiger partial charge in [-0.05, 0) is 12.8 Å². The molecule has 2 atom stereocenters. The number of nitrogens with two attached hydrogens (primary N) is 1. The number of nitrogen functional groups attached to an aromatic ring is 1. The van der Waals surface area contributed by atoms with Crippen molar-refractivity contribution < 1.29 is 9.53 Å². The van der Waals surface area contributed by atoms with E-state index in [1.54, 1.807) is 7.11 Å². The third kappa shape index (κ3) is 2.64. The Hall–Kier alpha value is -1.93. The van der Waals surface area contributed by atoms with E-state index in [-0.39, 0.29) is 17.9 Å². The number of hydrazine groups is 1. The lowest BCUT2D eigenvalue weighted by atomic mass is 9.91. The molecule has 2 saturated heterocycles. The highest BCUT2D eigenvalue weighted by molar-refractivity contribution is 5.83. The van der Waals surface area contributed by atoms with Crippen LogP contribution in [0.5, 0.6) is 0 Å². The Kier molecular flexibility index (Phi) is 3.89. The highest BCUT2D eigenvalue weighted by Gasteiger charge is 2.41. The largest absolute Gasteiger partial charge is 0.377 e. The van der Waals surface area contributed by atoms with E-state index >= 15 is 0 Å². The van der Waals surface area contributed by atoms with Crippen LogP contribution in [-0.2, 0) is 16.1 Å². The first kappa shape index (κ1) is 14.0. The summed E-state index contributed by atoms with van der Waals surface area (Å²) in [4.78, 5) is 22.8. The van der Waals surface area contributed by atoms with Gasteiger partial charge in [-0.3, -0.25) is 4.79 Å². The number of nitrogens with zero attached hydrogens (tertiary/aromatic N) is 3. The lowest BCUT2D eigenvalue weighted by Gasteiger charge is -2.37. The van der Waals surface area contributed by atoms with E-state index in [9.17, 15) is 4.79 Å². The highest BCUT2D eigenvalue weighted by atomic mass is 16.5. The zero-order valence-electron chi connectivity index (χ0n) is 12.0. The van der Waals surface area contributed by atoms with Gasteiger partial charge < -0.3 is 20.4 Å². The van der Waals surface area contributed by atoms with Crippen LogP contribution in [0.1, 0.15) is 18.7 Å². The number of aromatic nitrogens is 2. The Bertz CT molecular complexity index is 537. The van der Waals surface area contributed by atoms with Gasteiger partial charge in [0.1, 0.15) is 18.2 Å². The van der Waals surface area contributed by atoms with Crippen LogP contribution in [0.2, 0.25) is 0 Å². The van der Waals surface area contributed by atoms with Gasteiger partial charge in [-0.1, -0.05) is 0 Å². The molecule has 3 heterocycles. The van der Waals surface area contributed by atoms with Crippen molar-refractivity contribution in [1.82, 2.24) is 15.3 Å². The van der Waals surface area contributed by atoms with Gasteiger partial charge in [0.2, 0.25) is 5.91 Å². The topological polar surface area (TPSA) is 105 Å². The average Bonchev–Trinajstić information content (AvgIpc) is 2.89. The summed E-state index contributed by atoms with van der Waals surface area (Å²) >= 11 is 0. The summed E-state index contributed by atoms with van der Waals surface area (Å²) in [5.41, 5.74) is 2.56. The summed E-state index contributed by atoms with van der Waals surface area (Å²) < 4.78 is 5.09. The van der Waals surface area contributed by atoms with Gasteiger partial charge in [-0.2, -0.15) is 0 Å². The molecule has 21 heavy (non-hydrogen) atoms. The number of rotatable bonds is 4. The number of ether oxygens (including phenoxy) is 1. The van der Waals surface area contributed by atoms with E-state index in [1.807, 2.05) is 6.07 Å². The van der Waals surface area contributed by atoms with Gasteiger partial charge in [0.25, 0.3) is 0 Å². The second-order valence-corrected chi connectivity index (χ2v) is 5.36. The van der Waals surface area contributed by atoms with Crippen molar-refractivity contribution in [2.45, 2.75) is 25.5 Å². The molecule has 0 saturated carbocycles. The number of hydrogen-bond donors (Lipinski definition) is 3. The predicted molar refractivity (Wildman–Crippen MR) is 77.4 cm³/mol. The molecular formula is C13H20N6O2. The van der Waals surface area contributed by atoms with Crippen molar-refractivity contribution in [3.63, 3.8) is 0 Å². The third-order valence-corrected chi connectivity index (χ3v) is 4.08. The highest BCUT2D eigenvalue weighted by Crippen LogP contribution is 2.31. The fourth-order valence-corrected chi connectivity index (χ4v) is 3.13. The van der Waals surface area contributed by atoms with E-state index in [0.717, 1.165) is 25.2 Å². The van der Waals surface area contributed by atoms with Crippen LogP contribution in [0.25, 0.3) is 0 Å². The fourth-order valence-electron chi connectivity index (χ4n) is 3.13. The predicted octanol–water partition coefficient (Wildman–Crippen LogP) is -0.377. The molecule has 114 valence electrons. The number of hydrogen-bond acceptors (Lipinski definition) is 7. The van der Waals surface area contributed by atoms with E-state index in [2.05, 4.69) is 25.6 Å². The Morgan fingerprint density at radius 2 is 2.43 bits per heavy atom. The first-order valence-electron chi connectivity index (χ1n) is 7.11. The lowest BCUT2D eigenvalue weighted by molar-refractivity contribution is -0.122. The van der Waals surface area contributed by atoms with Gasteiger partial charge in [-0.25, -0.2) is 15.8 Å². The molecule has 4 N–H and O–H groups in total. The van der Waals surface area contributed by atoms with Crippen LogP contribution in [-0.4, -0.2) is 42.1 Å². The van der Waals surface area contributed by atoms with Crippen molar-refractivity contribution in [1.29, 1.82) is 0 Å². The number of anilines is 2. The number of methoxy groups -OCH3 is 1. The summed E-state index contributed by atoms with van der Waals surface area (Å²) in [5, 5.41) is 2.94. The maximum atomic E-state index is 11.9. The van der Waals surface area contributed by atoms with E-state index in [4.69, 9.17) is 10.6 Å². The van der Waals surface area contributed by atoms with Gasteiger partial charge >= 0.3 is 0 Å². The fraction of sp³-hybridized carbons (Fsp3) is 0.615. The molecule has 8 nitrogen and oxygen atoms in total. The molecular weight excluding hydrogens is 272 g/mol. The molecule has 1 aromatic rings. The molecule has 0 radical (unpaired) electrons. The molecule has 2 aliphatic rings. The minimum Gasteiger partial charge on any atom is -0.377 e. The van der Waals surface area contributed by atoms with Gasteiger partial charge in [-0.15, -0.1) is 0 Å². The molecule has 1 aromatic heterocycles. The summed E-state index contributed by atoms with van der Waals surface area (Å²) in [6.07, 6.45) is 1.91. The van der Waals surface area contributed by atoms with Crippen molar-refractivity contribution >= 4 is 17.5 Å². The number of nitrogens with one attached hydrogen (secondary N) is 2. The van der Waals surface area contributed by atoms with E-state index in [0.29, 0.717) is 24.8 Å². The second kappa shape index (κ2) is 5.82. The third-order valence-electron chi connectivity index (χ3n) is 4.08. The maximum absolute atomic E-state index is 11.9. The van der Waals surface area contributed by atoms with E-state index in [1.165, 1.54) is 0 Å². The molecule has 2 aliphatic heterocycles. The summed E-state index contributed by atoms with van der Waals surface area (Å²) in [7, 11) is 1.60. The molecule has 2 unspecified atom stereocenters. The standard InChI is InChI=1S/C13H20N6O2/c1-21-7-11-16-10(18-14)5-12(17-11)19-4-2-3-8-9(19)6-15-13(8)20/h5,8-9H,2-4,6-7,14H2,1H3,(H,15,20)(H,16,17,18). The van der Waals surface area contributed by atoms with E-state index < -0.39 is 0 Å². The van der Waals surface area contributed by atoms with Crippen LogP contribution < -0.4 is 21.5 Å². The molecule has 1 amide bonds. The zero-order chi connectivity index (χ0) is 14.8. The van der Waals surface area contributed by atoms with Crippen molar-refractivity contribution in [3.8, 4) is 0 Å². The number of carbonyl (C=O) groups is 1. The summed E-state index contributed by atoms with van der Waals surface area (Å²) in [6.45, 7) is 1.86. The normalized spacial score (nSPS) is 24.7. The van der Waals surface area contributed by atoms with Crippen molar-refractivity contribution in [2.75, 3.05) is 30.5 Å². The molecule has 2 fully saturated rings. The van der Waals surface area contributed by atoms with Gasteiger partial charge in [0, 0.05) is 26.3 Å². The number of fused-ring (bicyclic) bond motifs is 1. The minimum atomic E-state index is 0.0499. The Morgan fingerprint density at radius 3 is 3.19 bits per heavy atom. The zero-order valence-corrected chi connectivity index (χ0v) is 12.0. The number of piperidine rings is 1. The quantitative estimate of drug-likeness (QED) is 0.513. The van der Waals surface area contributed by atoms with Crippen molar-refractivity contribution in [3.05, 3.63) is 11.9 Å². The summed E-state index contributed by atoms with van der Waals surface area (Å²) in [6, 6.07) is 1.96. The molecule has 0 bridgehead atoms. The monoisotopic (exact) mass is 292 g/mol. The van der Waals surface area contributed by atoms with Crippen LogP contribution >= 0.6 is 0 Å². The molecule has 0 spiro atoms. The Morgan fingerprint density at radius 1 is 1.57 bits per heavy atom. The van der Waals surface area contributed by atoms with Gasteiger partial charge in [0.15, 0.2) is 5.82 Å². The SMILES string of the molecule is COCc1nc(NN)cc(N2CCCC3C(=O)NCC32)n1.